The van der Waals surface area contributed by atoms with Crippen molar-refractivity contribution < 1.29 is 40.5 Å². The Balaban J connectivity index is 0.000000518. The molecule has 0 spiro atoms. The van der Waals surface area contributed by atoms with Crippen LogP contribution in [0.3, 0.4) is 0 Å². The van der Waals surface area contributed by atoms with Gasteiger partial charge in [-0.25, -0.2) is 0 Å². The maximum atomic E-state index is 10.5. The molecule has 3 aromatic rings. The molecule has 0 unspecified atom stereocenters. The number of pyridine rings is 3. The van der Waals surface area contributed by atoms with Crippen LogP contribution in [0.1, 0.15) is 55.3 Å². The fourth-order valence-electron chi connectivity index (χ4n) is 2.96. The molecule has 0 aromatic carbocycles. The zero-order valence-corrected chi connectivity index (χ0v) is 21.5. The molecule has 0 saturated carbocycles. The number of aliphatic hydroxyl groups excluding tert-OH is 4. The summed E-state index contributed by atoms with van der Waals surface area (Å²) < 4.78 is 0. The summed E-state index contributed by atoms with van der Waals surface area (Å²) in [5, 5.41) is 63.4. The Morgan fingerprint density at radius 1 is 0.676 bits per heavy atom. The van der Waals surface area contributed by atoms with Crippen molar-refractivity contribution in [3.05, 3.63) is 69.1 Å². The van der Waals surface area contributed by atoms with E-state index in [1.165, 1.54) is 18.6 Å². The lowest BCUT2D eigenvalue weighted by molar-refractivity contribution is 0.111. The molecule has 0 aliphatic rings. The zero-order chi connectivity index (χ0) is 27.4. The fraction of sp³-hybridized carbons (Fsp3) is 0.333. The summed E-state index contributed by atoms with van der Waals surface area (Å²) in [5.74, 6) is -0.107. The van der Waals surface area contributed by atoms with Gasteiger partial charge >= 0.3 is 0 Å². The Labute approximate surface area is 220 Å². The molecule has 0 aliphatic carbocycles. The lowest BCUT2D eigenvalue weighted by Gasteiger charge is -2.08. The fourth-order valence-corrected chi connectivity index (χ4v) is 2.96. The summed E-state index contributed by atoms with van der Waals surface area (Å²) in [4.78, 5) is 22.0. The second-order valence-electron chi connectivity index (χ2n) is 7.48. The maximum absolute atomic E-state index is 10.5. The monoisotopic (exact) mass is 540 g/mol. The molecule has 9 N–H and O–H groups in total. The van der Waals surface area contributed by atoms with Crippen LogP contribution in [0.15, 0.2) is 18.6 Å². The van der Waals surface area contributed by atoms with Crippen LogP contribution in [0.4, 0.5) is 0 Å². The average molecular weight is 541 g/mol. The number of halogens is 1. The molecule has 13 heteroatoms. The van der Waals surface area contributed by atoms with Gasteiger partial charge in [0.25, 0.3) is 0 Å². The van der Waals surface area contributed by atoms with Crippen molar-refractivity contribution in [1.82, 2.24) is 15.0 Å². The number of hydrogen-bond donors (Lipinski definition) is 8. The van der Waals surface area contributed by atoms with E-state index in [2.05, 4.69) is 15.0 Å². The van der Waals surface area contributed by atoms with E-state index >= 15 is 0 Å². The third-order valence-electron chi connectivity index (χ3n) is 5.21. The van der Waals surface area contributed by atoms with Crippen LogP contribution in [-0.4, -0.2) is 57.0 Å². The largest absolute Gasteiger partial charge is 0.506 e. The summed E-state index contributed by atoms with van der Waals surface area (Å²) in [6.45, 7) is 4.17. The molecular weight excluding hydrogens is 508 g/mol. The minimum absolute atomic E-state index is 0. The Morgan fingerprint density at radius 2 is 1.05 bits per heavy atom. The first-order chi connectivity index (χ1) is 17.1. The van der Waals surface area contributed by atoms with Crippen LogP contribution < -0.4 is 5.73 Å². The highest BCUT2D eigenvalue weighted by Crippen LogP contribution is 2.24. The molecule has 3 aromatic heterocycles. The van der Waals surface area contributed by atoms with E-state index in [9.17, 15) is 20.1 Å². The van der Waals surface area contributed by atoms with Crippen LogP contribution in [0.5, 0.6) is 17.2 Å². The normalized spacial score (nSPS) is 9.84. The minimum Gasteiger partial charge on any atom is -0.506 e. The standard InChI is InChI=1S/C8H12N2O2.C8H11NO3.C8H9NO3.ClH/c1-5-8(12)7(2-9)6(4-11)3-10-5;2*1-5-8(12)7(4-11)6(3-10)2-9-5;/h3,11-12H,2,4,9H2,1H3;2,10-12H,3-4H2,1H3;2,4,10,12H,3H2,1H3;1H. The number of aromatic hydroxyl groups is 3. The summed E-state index contributed by atoms with van der Waals surface area (Å²) in [5.41, 5.74) is 9.20. The molecule has 37 heavy (non-hydrogen) atoms. The number of aliphatic hydroxyl groups is 4. The van der Waals surface area contributed by atoms with Crippen LogP contribution in [0, 0.1) is 20.8 Å². The molecule has 12 nitrogen and oxygen atoms in total. The second kappa shape index (κ2) is 16.4. The third-order valence-corrected chi connectivity index (χ3v) is 5.21. The van der Waals surface area contributed by atoms with Gasteiger partial charge in [-0.2, -0.15) is 0 Å². The van der Waals surface area contributed by atoms with Gasteiger partial charge < -0.3 is 41.5 Å². The van der Waals surface area contributed by atoms with E-state index in [0.29, 0.717) is 51.2 Å². The number of hydrogen-bond acceptors (Lipinski definition) is 12. The number of aryl methyl sites for hydroxylation is 3. The Kier molecular flexibility index (Phi) is 14.9. The maximum Gasteiger partial charge on any atom is 0.154 e. The zero-order valence-electron chi connectivity index (χ0n) is 20.7. The molecule has 0 aliphatic heterocycles. The molecule has 3 rings (SSSR count). The van der Waals surface area contributed by atoms with Gasteiger partial charge in [0.2, 0.25) is 0 Å². The Hall–Kier alpha value is -3.39. The number of carbonyl (C=O) groups is 1. The SMILES string of the molecule is Cc1ncc(CO)c(C=O)c1O.Cc1ncc(CO)c(CN)c1O.Cc1ncc(CO)c(CO)c1O.Cl. The Morgan fingerprint density at radius 3 is 1.43 bits per heavy atom. The minimum atomic E-state index is -0.297. The Bertz CT molecular complexity index is 1120. The molecule has 204 valence electrons. The number of aromatic nitrogens is 3. The first-order valence-corrected chi connectivity index (χ1v) is 10.7. The summed E-state index contributed by atoms with van der Waals surface area (Å²) in [7, 11) is 0. The molecule has 0 bridgehead atoms. The van der Waals surface area contributed by atoms with E-state index < -0.39 is 0 Å². The van der Waals surface area contributed by atoms with Crippen molar-refractivity contribution in [2.24, 2.45) is 5.73 Å². The van der Waals surface area contributed by atoms with Crippen LogP contribution >= 0.6 is 12.4 Å². The molecule has 0 amide bonds. The van der Waals surface area contributed by atoms with Crippen LogP contribution in [0.25, 0.3) is 0 Å². The van der Waals surface area contributed by atoms with Gasteiger partial charge in [0.1, 0.15) is 17.2 Å². The van der Waals surface area contributed by atoms with Gasteiger partial charge in [-0.1, -0.05) is 0 Å². The lowest BCUT2D eigenvalue weighted by Crippen LogP contribution is -2.04. The number of nitrogens with zero attached hydrogens (tertiary/aromatic N) is 3. The van der Waals surface area contributed by atoms with Gasteiger partial charge in [0.15, 0.2) is 6.29 Å². The smallest absolute Gasteiger partial charge is 0.154 e. The summed E-state index contributed by atoms with van der Waals surface area (Å²) in [6.07, 6.45) is 4.85. The number of carbonyl (C=O) groups excluding carboxylic acids is 1. The highest BCUT2D eigenvalue weighted by molar-refractivity contribution is 5.85. The molecule has 0 atom stereocenters. The van der Waals surface area contributed by atoms with E-state index in [4.69, 9.17) is 26.2 Å². The first-order valence-electron chi connectivity index (χ1n) is 10.7. The van der Waals surface area contributed by atoms with Gasteiger partial charge in [-0.05, 0) is 20.8 Å². The molecular formula is C24H33ClN4O8. The van der Waals surface area contributed by atoms with Crippen molar-refractivity contribution in [2.45, 2.75) is 53.7 Å². The van der Waals surface area contributed by atoms with Gasteiger partial charge in [0.05, 0.1) is 49.1 Å². The summed E-state index contributed by atoms with van der Waals surface area (Å²) >= 11 is 0. The first kappa shape index (κ1) is 33.6. The lowest BCUT2D eigenvalue weighted by atomic mass is 10.1. The number of rotatable bonds is 6. The average Bonchev–Trinajstić information content (AvgIpc) is 2.89. The number of aldehydes is 1. The van der Waals surface area contributed by atoms with Crippen molar-refractivity contribution in [3.8, 4) is 17.2 Å². The summed E-state index contributed by atoms with van der Waals surface area (Å²) in [6, 6.07) is 0. The topological polar surface area (TPSA) is 223 Å². The van der Waals surface area contributed by atoms with Crippen molar-refractivity contribution in [1.29, 1.82) is 0 Å². The molecule has 0 fully saturated rings. The quantitative estimate of drug-likeness (QED) is 0.204. The molecule has 3 heterocycles. The van der Waals surface area contributed by atoms with Crippen LogP contribution in [-0.2, 0) is 33.0 Å². The van der Waals surface area contributed by atoms with Gasteiger partial charge in [0, 0.05) is 53.0 Å². The van der Waals surface area contributed by atoms with E-state index in [-0.39, 0.29) is 68.2 Å². The predicted octanol–water partition coefficient (Wildman–Crippen LogP) is 0.949. The van der Waals surface area contributed by atoms with Crippen molar-refractivity contribution in [2.75, 3.05) is 0 Å². The highest BCUT2D eigenvalue weighted by atomic mass is 35.5. The van der Waals surface area contributed by atoms with Crippen LogP contribution in [0.2, 0.25) is 0 Å². The van der Waals surface area contributed by atoms with Gasteiger partial charge in [-0.3, -0.25) is 19.7 Å². The number of nitrogens with two attached hydrogens (primary N) is 1. The van der Waals surface area contributed by atoms with Gasteiger partial charge in [-0.15, -0.1) is 12.4 Å². The molecule has 0 radical (unpaired) electrons. The van der Waals surface area contributed by atoms with E-state index in [1.807, 2.05) is 0 Å². The second-order valence-corrected chi connectivity index (χ2v) is 7.48. The molecule has 0 saturated heterocycles. The van der Waals surface area contributed by atoms with Crippen molar-refractivity contribution >= 4 is 18.7 Å². The highest BCUT2D eigenvalue weighted by Gasteiger charge is 2.10. The van der Waals surface area contributed by atoms with E-state index in [0.717, 1.165) is 0 Å². The van der Waals surface area contributed by atoms with Crippen molar-refractivity contribution in [3.63, 3.8) is 0 Å². The van der Waals surface area contributed by atoms with E-state index in [1.54, 1.807) is 20.8 Å². The third kappa shape index (κ3) is 8.60. The predicted molar refractivity (Wildman–Crippen MR) is 136 cm³/mol.